The first-order chi connectivity index (χ1) is 7.13. The number of fused-ring (bicyclic) bond motifs is 1. The highest BCUT2D eigenvalue weighted by molar-refractivity contribution is 9.10. The molecule has 0 aliphatic rings. The third-order valence-corrected chi connectivity index (χ3v) is 2.75. The maximum absolute atomic E-state index is 11.7. The molecule has 0 bridgehead atoms. The molecule has 0 N–H and O–H groups in total. The molecule has 0 radical (unpaired) electrons. The van der Waals surface area contributed by atoms with Gasteiger partial charge in [0.05, 0.1) is 15.4 Å². The van der Waals surface area contributed by atoms with E-state index in [1.54, 1.807) is 6.07 Å². The minimum absolute atomic E-state index is 0.0170. The molecule has 2 aromatic rings. The number of carbonyl (C=O) groups is 1. The molecule has 0 saturated heterocycles. The van der Waals surface area contributed by atoms with Crippen LogP contribution in [0.15, 0.2) is 32.1 Å². The zero-order valence-electron chi connectivity index (χ0n) is 7.29. The van der Waals surface area contributed by atoms with E-state index in [1.807, 2.05) is 0 Å². The predicted octanol–water partition coefficient (Wildman–Crippen LogP) is 3.02. The van der Waals surface area contributed by atoms with Gasteiger partial charge >= 0.3 is 0 Å². The number of carbonyl (C=O) groups excluding carboxylic acids is 1. The van der Waals surface area contributed by atoms with Crippen LogP contribution in [0, 0.1) is 0 Å². The van der Waals surface area contributed by atoms with Crippen molar-refractivity contribution in [2.75, 3.05) is 0 Å². The molecule has 1 aromatic carbocycles. The molecule has 1 heterocycles. The van der Waals surface area contributed by atoms with Crippen molar-refractivity contribution in [1.82, 2.24) is 0 Å². The average molecular weight is 287 g/mol. The van der Waals surface area contributed by atoms with Crippen LogP contribution in [0.3, 0.4) is 0 Å². The number of aldehydes is 1. The molecule has 0 aliphatic heterocycles. The minimum Gasteiger partial charge on any atom is -0.462 e. The van der Waals surface area contributed by atoms with Gasteiger partial charge < -0.3 is 4.42 Å². The van der Waals surface area contributed by atoms with E-state index in [-0.39, 0.29) is 11.0 Å². The van der Waals surface area contributed by atoms with Crippen LogP contribution in [0.2, 0.25) is 5.02 Å². The summed E-state index contributed by atoms with van der Waals surface area (Å²) in [7, 11) is 0. The highest BCUT2D eigenvalue weighted by Crippen LogP contribution is 2.26. The highest BCUT2D eigenvalue weighted by Gasteiger charge is 2.09. The van der Waals surface area contributed by atoms with Crippen LogP contribution < -0.4 is 5.43 Å². The summed E-state index contributed by atoms with van der Waals surface area (Å²) in [5.41, 5.74) is -0.0129. The number of rotatable bonds is 1. The lowest BCUT2D eigenvalue weighted by atomic mass is 10.2. The van der Waals surface area contributed by atoms with Crippen molar-refractivity contribution in [3.63, 3.8) is 0 Å². The Kier molecular flexibility index (Phi) is 2.63. The molecule has 1 aromatic heterocycles. The van der Waals surface area contributed by atoms with Gasteiger partial charge in [-0.25, -0.2) is 0 Å². The minimum atomic E-state index is -0.380. The van der Waals surface area contributed by atoms with Crippen molar-refractivity contribution < 1.29 is 9.21 Å². The number of halogens is 2. The molecule has 0 atom stereocenters. The molecule has 0 saturated carbocycles. The second-order valence-electron chi connectivity index (χ2n) is 2.90. The van der Waals surface area contributed by atoms with Gasteiger partial charge in [0.2, 0.25) is 5.43 Å². The molecule has 76 valence electrons. The van der Waals surface area contributed by atoms with Crippen LogP contribution in [0.5, 0.6) is 0 Å². The average Bonchev–Trinajstić information content (AvgIpc) is 2.19. The Morgan fingerprint density at radius 2 is 2.13 bits per heavy atom. The molecule has 5 heteroatoms. The molecule has 0 unspecified atom stereocenters. The van der Waals surface area contributed by atoms with E-state index in [0.717, 1.165) is 6.26 Å². The van der Waals surface area contributed by atoms with Crippen LogP contribution in [-0.2, 0) is 0 Å². The number of benzene rings is 1. The van der Waals surface area contributed by atoms with E-state index < -0.39 is 0 Å². The topological polar surface area (TPSA) is 47.3 Å². The summed E-state index contributed by atoms with van der Waals surface area (Å²) in [5, 5.41) is 0.698. The predicted molar refractivity (Wildman–Crippen MR) is 60.6 cm³/mol. The van der Waals surface area contributed by atoms with Gasteiger partial charge in [0.1, 0.15) is 6.26 Å². The fraction of sp³-hybridized carbons (Fsp3) is 0. The lowest BCUT2D eigenvalue weighted by molar-refractivity contribution is 0.112. The van der Waals surface area contributed by atoms with Gasteiger partial charge in [0.15, 0.2) is 11.9 Å². The zero-order chi connectivity index (χ0) is 11.0. The maximum atomic E-state index is 11.7. The molecule has 0 spiro atoms. The standard InChI is InChI=1S/C10H4BrClO3/c11-8-2-6(12)1-7-9(14)5(3-13)4-15-10(7)8/h1-4H. The summed E-state index contributed by atoms with van der Waals surface area (Å²) in [5.74, 6) is 0. The highest BCUT2D eigenvalue weighted by atomic mass is 79.9. The third-order valence-electron chi connectivity index (χ3n) is 1.95. The van der Waals surface area contributed by atoms with E-state index in [0.29, 0.717) is 26.8 Å². The Balaban J connectivity index is 2.99. The monoisotopic (exact) mass is 286 g/mol. The van der Waals surface area contributed by atoms with Gasteiger partial charge in [0, 0.05) is 5.02 Å². The first-order valence-electron chi connectivity index (χ1n) is 3.99. The van der Waals surface area contributed by atoms with Crippen molar-refractivity contribution in [2.45, 2.75) is 0 Å². The van der Waals surface area contributed by atoms with Crippen LogP contribution in [0.4, 0.5) is 0 Å². The van der Waals surface area contributed by atoms with E-state index in [2.05, 4.69) is 15.9 Å². The molecule has 0 aliphatic carbocycles. The lowest BCUT2D eigenvalue weighted by Crippen LogP contribution is -2.07. The van der Waals surface area contributed by atoms with Gasteiger partial charge in [-0.15, -0.1) is 0 Å². The van der Waals surface area contributed by atoms with E-state index in [9.17, 15) is 9.59 Å². The summed E-state index contributed by atoms with van der Waals surface area (Å²) >= 11 is 9.02. The summed E-state index contributed by atoms with van der Waals surface area (Å²) in [6, 6.07) is 3.09. The van der Waals surface area contributed by atoms with Crippen molar-refractivity contribution in [3.8, 4) is 0 Å². The molecule has 3 nitrogen and oxygen atoms in total. The molecule has 0 amide bonds. The normalized spacial score (nSPS) is 10.5. The van der Waals surface area contributed by atoms with Gasteiger partial charge in [-0.2, -0.15) is 0 Å². The Hall–Kier alpha value is -1.13. The summed E-state index contributed by atoms with van der Waals surface area (Å²) in [6.45, 7) is 0. The van der Waals surface area contributed by atoms with E-state index in [1.165, 1.54) is 6.07 Å². The van der Waals surface area contributed by atoms with Crippen LogP contribution in [0.1, 0.15) is 10.4 Å². The number of hydrogen-bond donors (Lipinski definition) is 0. The first-order valence-corrected chi connectivity index (χ1v) is 5.16. The fourth-order valence-corrected chi connectivity index (χ4v) is 2.17. The molecular formula is C10H4BrClO3. The molecule has 2 rings (SSSR count). The Morgan fingerprint density at radius 3 is 2.80 bits per heavy atom. The van der Waals surface area contributed by atoms with E-state index in [4.69, 9.17) is 16.0 Å². The Labute approximate surface area is 97.8 Å². The van der Waals surface area contributed by atoms with Crippen LogP contribution in [0.25, 0.3) is 11.0 Å². The first kappa shape index (κ1) is 10.4. The third kappa shape index (κ3) is 1.70. The van der Waals surface area contributed by atoms with Gasteiger partial charge in [0.25, 0.3) is 0 Å². The quantitative estimate of drug-likeness (QED) is 0.757. The van der Waals surface area contributed by atoms with Crippen LogP contribution >= 0.6 is 27.5 Å². The largest absolute Gasteiger partial charge is 0.462 e. The molecule has 0 fully saturated rings. The SMILES string of the molecule is O=Cc1coc2c(Br)cc(Cl)cc2c1=O. The van der Waals surface area contributed by atoms with Crippen molar-refractivity contribution >= 4 is 44.8 Å². The van der Waals surface area contributed by atoms with Gasteiger partial charge in [-0.05, 0) is 28.1 Å². The van der Waals surface area contributed by atoms with Crippen molar-refractivity contribution in [1.29, 1.82) is 0 Å². The fourth-order valence-electron chi connectivity index (χ4n) is 1.26. The van der Waals surface area contributed by atoms with E-state index >= 15 is 0 Å². The molecule has 15 heavy (non-hydrogen) atoms. The summed E-state index contributed by atoms with van der Waals surface area (Å²) in [6.07, 6.45) is 1.59. The van der Waals surface area contributed by atoms with Gasteiger partial charge in [-0.3, -0.25) is 9.59 Å². The second-order valence-corrected chi connectivity index (χ2v) is 4.19. The second kappa shape index (κ2) is 3.79. The maximum Gasteiger partial charge on any atom is 0.203 e. The summed E-state index contributed by atoms with van der Waals surface area (Å²) in [4.78, 5) is 22.2. The summed E-state index contributed by atoms with van der Waals surface area (Å²) < 4.78 is 5.75. The van der Waals surface area contributed by atoms with Crippen molar-refractivity contribution in [3.05, 3.63) is 43.7 Å². The Bertz CT molecular complexity index is 603. The lowest BCUT2D eigenvalue weighted by Gasteiger charge is -2.00. The number of hydrogen-bond acceptors (Lipinski definition) is 3. The smallest absolute Gasteiger partial charge is 0.203 e. The molecular weight excluding hydrogens is 283 g/mol. The van der Waals surface area contributed by atoms with Crippen molar-refractivity contribution in [2.24, 2.45) is 0 Å². The van der Waals surface area contributed by atoms with Crippen LogP contribution in [-0.4, -0.2) is 6.29 Å². The Morgan fingerprint density at radius 1 is 1.40 bits per heavy atom. The van der Waals surface area contributed by atoms with Gasteiger partial charge in [-0.1, -0.05) is 11.6 Å². The zero-order valence-corrected chi connectivity index (χ0v) is 9.63.